The molecule has 1 aliphatic carbocycles. The third-order valence-corrected chi connectivity index (χ3v) is 5.50. The van der Waals surface area contributed by atoms with Gasteiger partial charge in [0.1, 0.15) is 11.5 Å². The lowest BCUT2D eigenvalue weighted by atomic mass is 9.81. The van der Waals surface area contributed by atoms with Crippen molar-refractivity contribution < 1.29 is 9.18 Å². The van der Waals surface area contributed by atoms with Crippen molar-refractivity contribution in [3.05, 3.63) is 57.3 Å². The molecule has 156 valence electrons. The number of carbonyl (C=O) groups is 1. The summed E-state index contributed by atoms with van der Waals surface area (Å²) >= 11 is 0. The molecule has 1 aromatic heterocycles. The number of nitrogens with one attached hydrogen (secondary N) is 2. The van der Waals surface area contributed by atoms with Gasteiger partial charge in [-0.2, -0.15) is 0 Å². The second kappa shape index (κ2) is 7.28. The van der Waals surface area contributed by atoms with Crippen molar-refractivity contribution in [2.45, 2.75) is 52.0 Å². The van der Waals surface area contributed by atoms with Crippen LogP contribution in [0.3, 0.4) is 0 Å². The topological polar surface area (TPSA) is 78.1 Å². The molecule has 0 unspecified atom stereocenters. The molecule has 0 radical (unpaired) electrons. The van der Waals surface area contributed by atoms with Crippen LogP contribution in [0.1, 0.15) is 68.2 Å². The second-order valence-electron chi connectivity index (χ2n) is 9.42. The van der Waals surface area contributed by atoms with Gasteiger partial charge in [0.05, 0.1) is 6.04 Å². The summed E-state index contributed by atoms with van der Waals surface area (Å²) in [5.41, 5.74) is 0.587. The zero-order chi connectivity index (χ0) is 21.6. The highest BCUT2D eigenvalue weighted by Gasteiger charge is 2.41. The highest BCUT2D eigenvalue weighted by molar-refractivity contribution is 5.92. The van der Waals surface area contributed by atoms with E-state index in [2.05, 4.69) is 22.2 Å². The lowest BCUT2D eigenvalue weighted by Gasteiger charge is -2.32. The Morgan fingerprint density at radius 1 is 1.28 bits per heavy atom. The van der Waals surface area contributed by atoms with Crippen molar-refractivity contribution in [3.8, 4) is 0 Å². The van der Waals surface area contributed by atoms with Gasteiger partial charge < -0.3 is 10.2 Å². The van der Waals surface area contributed by atoms with Crippen LogP contribution in [0.4, 0.5) is 10.3 Å². The number of aromatic nitrogens is 2. The molecule has 1 atom stereocenters. The Bertz CT molecular complexity index is 987. The number of hydrogen-bond acceptors (Lipinski definition) is 4. The van der Waals surface area contributed by atoms with Crippen molar-refractivity contribution in [1.29, 1.82) is 0 Å². The van der Waals surface area contributed by atoms with Gasteiger partial charge in [-0.25, -0.2) is 9.37 Å². The van der Waals surface area contributed by atoms with E-state index < -0.39 is 17.5 Å². The van der Waals surface area contributed by atoms with Gasteiger partial charge in [-0.1, -0.05) is 39.8 Å². The molecule has 6 nitrogen and oxygen atoms in total. The van der Waals surface area contributed by atoms with Crippen LogP contribution in [0.25, 0.3) is 0 Å². The van der Waals surface area contributed by atoms with Gasteiger partial charge in [0.2, 0.25) is 5.95 Å². The summed E-state index contributed by atoms with van der Waals surface area (Å²) in [5.74, 6) is -0.420. The number of benzene rings is 1. The number of amides is 1. The van der Waals surface area contributed by atoms with E-state index in [0.29, 0.717) is 11.5 Å². The normalized spacial score (nSPS) is 16.2. The largest absolute Gasteiger partial charge is 0.348 e. The lowest BCUT2D eigenvalue weighted by molar-refractivity contribution is 0.0896. The van der Waals surface area contributed by atoms with Crippen LogP contribution in [-0.4, -0.2) is 30.0 Å². The summed E-state index contributed by atoms with van der Waals surface area (Å²) in [6.45, 7) is 7.99. The average molecular weight is 400 g/mol. The van der Waals surface area contributed by atoms with Gasteiger partial charge in [-0.15, -0.1) is 0 Å². The summed E-state index contributed by atoms with van der Waals surface area (Å²) in [7, 11) is 3.45. The Labute approximate surface area is 170 Å². The van der Waals surface area contributed by atoms with Crippen molar-refractivity contribution >= 4 is 11.9 Å². The first-order valence-electron chi connectivity index (χ1n) is 9.80. The number of carbonyl (C=O) groups excluding carboxylic acids is 1. The van der Waals surface area contributed by atoms with Crippen molar-refractivity contribution in [1.82, 2.24) is 15.3 Å². The van der Waals surface area contributed by atoms with E-state index in [1.165, 1.54) is 12.1 Å². The number of halogens is 1. The second-order valence-corrected chi connectivity index (χ2v) is 9.42. The number of anilines is 1. The molecule has 1 amide bonds. The summed E-state index contributed by atoms with van der Waals surface area (Å²) in [6, 6.07) is 5.95. The molecule has 1 heterocycles. The highest BCUT2D eigenvalue weighted by atomic mass is 19.1. The molecular formula is C22H29FN4O2. The van der Waals surface area contributed by atoms with Gasteiger partial charge in [0.25, 0.3) is 11.5 Å². The first-order valence-corrected chi connectivity index (χ1v) is 9.80. The summed E-state index contributed by atoms with van der Waals surface area (Å²) < 4.78 is 14.8. The number of aromatic amines is 1. The van der Waals surface area contributed by atoms with E-state index in [1.807, 2.05) is 32.9 Å². The van der Waals surface area contributed by atoms with Gasteiger partial charge >= 0.3 is 0 Å². The summed E-state index contributed by atoms with van der Waals surface area (Å²) in [4.78, 5) is 33.2. The zero-order valence-corrected chi connectivity index (χ0v) is 17.9. The van der Waals surface area contributed by atoms with E-state index in [9.17, 15) is 14.0 Å². The van der Waals surface area contributed by atoms with E-state index in [0.717, 1.165) is 18.4 Å². The monoisotopic (exact) mass is 400 g/mol. The fraction of sp³-hybridized carbons (Fsp3) is 0.500. The predicted molar refractivity (Wildman–Crippen MR) is 112 cm³/mol. The lowest BCUT2D eigenvalue weighted by Crippen LogP contribution is -2.38. The SMILES string of the molecule is CN(C)c1nc(C(=O)N[C@@H](c2ccc(C3(C)CC3)c(F)c2)C(C)(C)C)cc(=O)[nH]1. The molecule has 7 heteroatoms. The molecular weight excluding hydrogens is 371 g/mol. The highest BCUT2D eigenvalue weighted by Crippen LogP contribution is 2.49. The zero-order valence-electron chi connectivity index (χ0n) is 17.9. The van der Waals surface area contributed by atoms with Crippen molar-refractivity contribution in [2.24, 2.45) is 5.41 Å². The average Bonchev–Trinajstić information content (AvgIpc) is 3.36. The van der Waals surface area contributed by atoms with E-state index in [1.54, 1.807) is 19.0 Å². The van der Waals surface area contributed by atoms with Gasteiger partial charge in [-0.05, 0) is 40.9 Å². The van der Waals surface area contributed by atoms with Crippen molar-refractivity contribution in [3.63, 3.8) is 0 Å². The Balaban J connectivity index is 1.92. The maximum Gasteiger partial charge on any atom is 0.270 e. The van der Waals surface area contributed by atoms with Gasteiger partial charge in [0, 0.05) is 20.2 Å². The molecule has 1 aromatic carbocycles. The third-order valence-electron chi connectivity index (χ3n) is 5.50. The Morgan fingerprint density at radius 3 is 2.45 bits per heavy atom. The molecule has 2 N–H and O–H groups in total. The van der Waals surface area contributed by atoms with Crippen molar-refractivity contribution in [2.75, 3.05) is 19.0 Å². The first-order chi connectivity index (χ1) is 13.4. The van der Waals surface area contributed by atoms with E-state index in [4.69, 9.17) is 0 Å². The van der Waals surface area contributed by atoms with Crippen LogP contribution in [0.2, 0.25) is 0 Å². The minimum absolute atomic E-state index is 0.0225. The number of rotatable bonds is 5. The van der Waals surface area contributed by atoms with Crippen LogP contribution in [0.5, 0.6) is 0 Å². The van der Waals surface area contributed by atoms with Crippen LogP contribution in [0, 0.1) is 11.2 Å². The number of hydrogen-bond donors (Lipinski definition) is 2. The first kappa shape index (κ1) is 21.0. The fourth-order valence-corrected chi connectivity index (χ4v) is 3.44. The minimum atomic E-state index is -0.474. The maximum atomic E-state index is 14.8. The molecule has 0 saturated heterocycles. The number of nitrogens with zero attached hydrogens (tertiary/aromatic N) is 2. The number of H-pyrrole nitrogens is 1. The molecule has 1 fully saturated rings. The quantitative estimate of drug-likeness (QED) is 0.805. The Kier molecular flexibility index (Phi) is 5.28. The molecule has 2 aromatic rings. The van der Waals surface area contributed by atoms with Crippen LogP contribution in [-0.2, 0) is 5.41 Å². The van der Waals surface area contributed by atoms with Gasteiger partial charge in [0.15, 0.2) is 0 Å². The Morgan fingerprint density at radius 2 is 1.93 bits per heavy atom. The molecule has 3 rings (SSSR count). The summed E-state index contributed by atoms with van der Waals surface area (Å²) in [5, 5.41) is 2.94. The fourth-order valence-electron chi connectivity index (χ4n) is 3.44. The molecule has 0 aliphatic heterocycles. The molecule has 1 saturated carbocycles. The minimum Gasteiger partial charge on any atom is -0.348 e. The predicted octanol–water partition coefficient (Wildman–Crippen LogP) is 3.54. The standard InChI is InChI=1S/C22H29FN4O2/c1-21(2,3)18(13-7-8-14(15(23)11-13)22(4)9-10-22)26-19(29)16-12-17(28)25-20(24-16)27(5)6/h7-8,11-12,18H,9-10H2,1-6H3,(H,26,29)(H,24,25,28)/t18-/m0/s1. The van der Waals surface area contributed by atoms with Crippen LogP contribution in [0.15, 0.2) is 29.1 Å². The molecule has 1 aliphatic rings. The van der Waals surface area contributed by atoms with Crippen LogP contribution >= 0.6 is 0 Å². The van der Waals surface area contributed by atoms with Crippen LogP contribution < -0.4 is 15.8 Å². The Hall–Kier alpha value is -2.70. The maximum absolute atomic E-state index is 14.8. The molecule has 0 bridgehead atoms. The van der Waals surface area contributed by atoms with Gasteiger partial charge in [-0.3, -0.25) is 14.6 Å². The smallest absolute Gasteiger partial charge is 0.270 e. The summed E-state index contributed by atoms with van der Waals surface area (Å²) in [6.07, 6.45) is 1.98. The van der Waals surface area contributed by atoms with E-state index >= 15 is 0 Å². The molecule has 0 spiro atoms. The molecule has 29 heavy (non-hydrogen) atoms. The third kappa shape index (κ3) is 4.49. The van der Waals surface area contributed by atoms with E-state index in [-0.39, 0.29) is 22.3 Å².